The third-order valence-corrected chi connectivity index (χ3v) is 18.0. The van der Waals surface area contributed by atoms with Crippen LogP contribution in [-0.4, -0.2) is 50.9 Å². The molecular formula is C27H66P3Pt+3. The van der Waals surface area contributed by atoms with Crippen LogP contribution in [0.2, 0.25) is 0 Å². The van der Waals surface area contributed by atoms with Crippen molar-refractivity contribution in [3.8, 4) is 0 Å². The zero-order chi connectivity index (χ0) is 24.9. The maximum atomic E-state index is 2.37. The van der Waals surface area contributed by atoms with Gasteiger partial charge in [0.2, 0.25) is 0 Å². The fourth-order valence-electron chi connectivity index (χ4n) is 6.00. The first-order chi connectivity index (χ1) is 13.4. The summed E-state index contributed by atoms with van der Waals surface area (Å²) < 4.78 is 0. The summed E-state index contributed by atoms with van der Waals surface area (Å²) in [5.74, 6) is 0. The summed E-state index contributed by atoms with van der Waals surface area (Å²) in [7, 11) is -0.287. The van der Waals surface area contributed by atoms with Gasteiger partial charge >= 0.3 is 0 Å². The molecule has 0 unspecified atom stereocenters. The average molecular weight is 679 g/mol. The number of hydrogen-bond acceptors (Lipinski definition) is 0. The molecule has 31 heavy (non-hydrogen) atoms. The van der Waals surface area contributed by atoms with Crippen molar-refractivity contribution in [3.05, 3.63) is 0 Å². The molecule has 0 saturated carbocycles. The Kier molecular flexibility index (Phi) is 27.6. The van der Waals surface area contributed by atoms with Crippen molar-refractivity contribution >= 4 is 23.8 Å². The van der Waals surface area contributed by atoms with Gasteiger partial charge in [-0.25, -0.2) is 0 Å². The zero-order valence-electron chi connectivity index (χ0n) is 25.0. The molecule has 4 heteroatoms. The van der Waals surface area contributed by atoms with Crippen molar-refractivity contribution in [2.45, 2.75) is 176 Å². The molecule has 0 aliphatic rings. The molecule has 0 radical (unpaired) electrons. The van der Waals surface area contributed by atoms with E-state index in [4.69, 9.17) is 0 Å². The van der Waals surface area contributed by atoms with Crippen LogP contribution in [0.25, 0.3) is 0 Å². The first kappa shape index (κ1) is 40.2. The smallest absolute Gasteiger partial charge is 0.0287 e. The largest absolute Gasteiger partial charge is 0.0624 e. The van der Waals surface area contributed by atoms with Crippen LogP contribution in [0.5, 0.6) is 0 Å². The van der Waals surface area contributed by atoms with Crippen molar-refractivity contribution in [2.75, 3.05) is 0 Å². The Labute approximate surface area is 219 Å². The van der Waals surface area contributed by atoms with E-state index in [1.54, 1.807) is 0 Å². The van der Waals surface area contributed by atoms with Gasteiger partial charge in [-0.2, -0.15) is 0 Å². The van der Waals surface area contributed by atoms with Crippen molar-refractivity contribution in [1.29, 1.82) is 0 Å². The maximum Gasteiger partial charge on any atom is 0.0624 e. The normalized spacial score (nSPS) is 12.2. The van der Waals surface area contributed by atoms with Gasteiger partial charge < -0.3 is 0 Å². The molecule has 196 valence electrons. The molecule has 0 aromatic rings. The molecule has 0 N–H and O–H groups in total. The molecule has 0 spiro atoms. The Balaban J connectivity index is -0.000000174. The molecule has 0 rings (SSSR count). The molecule has 0 atom stereocenters. The topological polar surface area (TPSA) is 0 Å². The van der Waals surface area contributed by atoms with Crippen LogP contribution in [0.15, 0.2) is 0 Å². The first-order valence-electron chi connectivity index (χ1n) is 13.0. The first-order valence-corrected chi connectivity index (χ1v) is 18.2. The van der Waals surface area contributed by atoms with Crippen molar-refractivity contribution in [2.24, 2.45) is 0 Å². The predicted octanol–water partition coefficient (Wildman–Crippen LogP) is 10.3. The molecule has 0 heterocycles. The Bertz CT molecular complexity index is 261. The van der Waals surface area contributed by atoms with Gasteiger partial charge in [0.05, 0.1) is 50.9 Å². The fourth-order valence-corrected chi connectivity index (χ4v) is 18.0. The molecule has 0 bridgehead atoms. The second-order valence-electron chi connectivity index (χ2n) is 11.9. The van der Waals surface area contributed by atoms with E-state index in [9.17, 15) is 0 Å². The van der Waals surface area contributed by atoms with Crippen LogP contribution in [0.3, 0.4) is 0 Å². The van der Waals surface area contributed by atoms with Crippen LogP contribution < -0.4 is 0 Å². The monoisotopic (exact) mass is 678 g/mol. The third kappa shape index (κ3) is 19.9. The molecule has 0 aromatic heterocycles. The molecule has 0 aromatic carbocycles. The van der Waals surface area contributed by atoms with Crippen LogP contribution in [-0.2, 0) is 21.1 Å². The molecular weight excluding hydrogens is 612 g/mol. The van der Waals surface area contributed by atoms with E-state index in [0.29, 0.717) is 0 Å². The molecule has 0 amide bonds. The van der Waals surface area contributed by atoms with E-state index in [1.807, 2.05) is 0 Å². The number of hydrogen-bond donors (Lipinski definition) is 0. The molecule has 0 fully saturated rings. The molecule has 0 nitrogen and oxygen atoms in total. The summed E-state index contributed by atoms with van der Waals surface area (Å²) in [4.78, 5) is 0. The molecule has 0 aliphatic heterocycles. The maximum absolute atomic E-state index is 2.37. The SMILES string of the molecule is CC(C)[PH+](C(C)C)C(C)C.CC(C)[PH+](C(C)C)C(C)C.CC(C)[PH+](C(C)C)C(C)C.[Pt]. The van der Waals surface area contributed by atoms with Gasteiger partial charge in [0.25, 0.3) is 0 Å². The van der Waals surface area contributed by atoms with Gasteiger partial charge in [-0.3, -0.25) is 0 Å². The fraction of sp³-hybridized carbons (Fsp3) is 1.00. The molecule has 0 saturated heterocycles. The van der Waals surface area contributed by atoms with Gasteiger partial charge in [0, 0.05) is 44.8 Å². The van der Waals surface area contributed by atoms with Crippen LogP contribution in [0, 0.1) is 0 Å². The predicted molar refractivity (Wildman–Crippen MR) is 161 cm³/mol. The average Bonchev–Trinajstić information content (AvgIpc) is 2.43. The summed E-state index contributed by atoms with van der Waals surface area (Å²) in [6, 6.07) is 0. The van der Waals surface area contributed by atoms with Crippen molar-refractivity contribution in [1.82, 2.24) is 0 Å². The van der Waals surface area contributed by atoms with Gasteiger partial charge in [0.1, 0.15) is 0 Å². The minimum Gasteiger partial charge on any atom is -0.0287 e. The van der Waals surface area contributed by atoms with E-state index in [1.165, 1.54) is 0 Å². The van der Waals surface area contributed by atoms with Gasteiger partial charge in [-0.1, -0.05) is 0 Å². The summed E-state index contributed by atoms with van der Waals surface area (Å²) in [5.41, 5.74) is 8.42. The summed E-state index contributed by atoms with van der Waals surface area (Å²) in [6.45, 7) is 42.6. The second-order valence-corrected chi connectivity index (χ2v) is 25.3. The van der Waals surface area contributed by atoms with E-state index in [0.717, 1.165) is 50.9 Å². The van der Waals surface area contributed by atoms with Crippen LogP contribution >= 0.6 is 23.8 Å². The second kappa shape index (κ2) is 21.3. The summed E-state index contributed by atoms with van der Waals surface area (Å²) >= 11 is 0. The van der Waals surface area contributed by atoms with Crippen molar-refractivity contribution < 1.29 is 21.1 Å². The van der Waals surface area contributed by atoms with Gasteiger partial charge in [-0.05, 0) is 125 Å². The zero-order valence-corrected chi connectivity index (χ0v) is 30.3. The number of rotatable bonds is 9. The minimum absolute atomic E-state index is 0. The Morgan fingerprint density at radius 2 is 0.290 bits per heavy atom. The Morgan fingerprint density at radius 3 is 0.290 bits per heavy atom. The van der Waals surface area contributed by atoms with E-state index in [-0.39, 0.29) is 44.8 Å². The van der Waals surface area contributed by atoms with Crippen molar-refractivity contribution in [3.63, 3.8) is 0 Å². The third-order valence-electron chi connectivity index (χ3n) is 6.00. The van der Waals surface area contributed by atoms with Gasteiger partial charge in [-0.15, -0.1) is 0 Å². The quantitative estimate of drug-likeness (QED) is 0.213. The van der Waals surface area contributed by atoms with E-state index >= 15 is 0 Å². The van der Waals surface area contributed by atoms with Crippen LogP contribution in [0.4, 0.5) is 0 Å². The summed E-state index contributed by atoms with van der Waals surface area (Å²) in [6.07, 6.45) is 0. The van der Waals surface area contributed by atoms with Gasteiger partial charge in [0.15, 0.2) is 0 Å². The Morgan fingerprint density at radius 1 is 0.226 bits per heavy atom. The standard InChI is InChI=1S/3C9H21P.Pt/c3*1-7(2)10(8(3)4)9(5)6;/h3*7-9H,1-6H3;/p+3. The van der Waals surface area contributed by atoms with E-state index in [2.05, 4.69) is 125 Å². The van der Waals surface area contributed by atoms with Crippen LogP contribution in [0.1, 0.15) is 125 Å². The van der Waals surface area contributed by atoms with E-state index < -0.39 is 0 Å². The summed E-state index contributed by atoms with van der Waals surface area (Å²) in [5, 5.41) is 0. The molecule has 0 aliphatic carbocycles. The Hall–Kier alpha value is 1.98. The minimum atomic E-state index is -0.0957.